The highest BCUT2D eigenvalue weighted by atomic mass is 35.5. The van der Waals surface area contributed by atoms with Crippen LogP contribution in [0.3, 0.4) is 0 Å². The predicted octanol–water partition coefficient (Wildman–Crippen LogP) is 5.04. The normalized spacial score (nSPS) is 13.1. The molecule has 0 atom stereocenters. The Labute approximate surface area is 164 Å². The molecule has 140 valence electrons. The van der Waals surface area contributed by atoms with Gasteiger partial charge in [-0.05, 0) is 72.3 Å². The maximum Gasteiger partial charge on any atom is 0.233 e. The number of nitrogens with one attached hydrogen (secondary N) is 2. The van der Waals surface area contributed by atoms with Gasteiger partial charge in [0, 0.05) is 5.69 Å². The third-order valence-corrected chi connectivity index (χ3v) is 4.40. The lowest BCUT2D eigenvalue weighted by Crippen LogP contribution is -2.06. The van der Waals surface area contributed by atoms with Crippen LogP contribution >= 0.6 is 11.6 Å². The summed E-state index contributed by atoms with van der Waals surface area (Å²) in [5, 5.41) is 14.1. The van der Waals surface area contributed by atoms with Gasteiger partial charge in [0.25, 0.3) is 0 Å². The van der Waals surface area contributed by atoms with Crippen molar-refractivity contribution in [3.8, 4) is 6.07 Å². The molecule has 0 spiro atoms. The minimum absolute atomic E-state index is 0.0858. The topological polar surface area (TPSA) is 86.5 Å². The van der Waals surface area contributed by atoms with Crippen molar-refractivity contribution in [1.29, 1.82) is 5.26 Å². The van der Waals surface area contributed by atoms with Gasteiger partial charge < -0.3 is 10.6 Å². The number of nitriles is 1. The van der Waals surface area contributed by atoms with Crippen LogP contribution in [-0.2, 0) is 0 Å². The first-order valence-electron chi connectivity index (χ1n) is 8.46. The first kappa shape index (κ1) is 18.1. The molecule has 0 aliphatic heterocycles. The van der Waals surface area contributed by atoms with Crippen molar-refractivity contribution in [2.24, 2.45) is 0 Å². The molecule has 1 fully saturated rings. The molecule has 1 saturated carbocycles. The molecular formula is C19H13ClF2N6. The molecule has 3 aromatic rings. The number of halogens is 3. The lowest BCUT2D eigenvalue weighted by atomic mass is 10.1. The zero-order valence-electron chi connectivity index (χ0n) is 14.4. The van der Waals surface area contributed by atoms with E-state index in [9.17, 15) is 8.78 Å². The third kappa shape index (κ3) is 4.00. The van der Waals surface area contributed by atoms with Gasteiger partial charge in [0.05, 0.1) is 11.6 Å². The Morgan fingerprint density at radius 2 is 1.57 bits per heavy atom. The fourth-order valence-electron chi connectivity index (χ4n) is 2.70. The van der Waals surface area contributed by atoms with Crippen molar-refractivity contribution in [3.05, 3.63) is 64.4 Å². The van der Waals surface area contributed by atoms with Gasteiger partial charge in [-0.25, -0.2) is 8.78 Å². The molecular weight excluding hydrogens is 386 g/mol. The first-order chi connectivity index (χ1) is 13.5. The van der Waals surface area contributed by atoms with Gasteiger partial charge in [0.1, 0.15) is 17.3 Å². The average Bonchev–Trinajstić information content (AvgIpc) is 3.50. The van der Waals surface area contributed by atoms with Crippen molar-refractivity contribution < 1.29 is 8.78 Å². The number of nitrogens with zero attached hydrogens (tertiary/aromatic N) is 4. The highest BCUT2D eigenvalue weighted by molar-refractivity contribution is 6.28. The van der Waals surface area contributed by atoms with Gasteiger partial charge >= 0.3 is 0 Å². The molecule has 1 aliphatic rings. The van der Waals surface area contributed by atoms with Gasteiger partial charge in [-0.15, -0.1) is 0 Å². The molecule has 2 N–H and O–H groups in total. The Bertz CT molecular complexity index is 1050. The maximum absolute atomic E-state index is 14.4. The lowest BCUT2D eigenvalue weighted by Gasteiger charge is -2.11. The molecule has 0 radical (unpaired) electrons. The molecule has 0 bridgehead atoms. The second kappa shape index (κ2) is 7.37. The van der Waals surface area contributed by atoms with Crippen molar-refractivity contribution >= 4 is 34.9 Å². The first-order valence-corrected chi connectivity index (χ1v) is 8.84. The fraction of sp³-hybridized carbons (Fsp3) is 0.158. The van der Waals surface area contributed by atoms with E-state index in [4.69, 9.17) is 16.9 Å². The van der Waals surface area contributed by atoms with Crippen LogP contribution < -0.4 is 10.6 Å². The van der Waals surface area contributed by atoms with Crippen molar-refractivity contribution in [1.82, 2.24) is 15.0 Å². The Kier molecular flexibility index (Phi) is 4.75. The summed E-state index contributed by atoms with van der Waals surface area (Å²) in [6, 6.07) is 11.2. The van der Waals surface area contributed by atoms with Crippen LogP contribution in [0, 0.1) is 23.0 Å². The number of rotatable bonds is 5. The van der Waals surface area contributed by atoms with E-state index < -0.39 is 11.6 Å². The zero-order chi connectivity index (χ0) is 19.7. The zero-order valence-corrected chi connectivity index (χ0v) is 15.1. The second-order valence-corrected chi connectivity index (χ2v) is 6.66. The number of aromatic nitrogens is 3. The summed E-state index contributed by atoms with van der Waals surface area (Å²) in [7, 11) is 0. The summed E-state index contributed by atoms with van der Waals surface area (Å²) in [5.74, 6) is -1.23. The minimum Gasteiger partial charge on any atom is -0.324 e. The Hall–Kier alpha value is -3.31. The molecule has 1 aliphatic carbocycles. The fourth-order valence-corrected chi connectivity index (χ4v) is 2.86. The van der Waals surface area contributed by atoms with E-state index >= 15 is 0 Å². The summed E-state index contributed by atoms with van der Waals surface area (Å²) < 4.78 is 28.7. The molecule has 0 saturated heterocycles. The van der Waals surface area contributed by atoms with Crippen molar-refractivity contribution in [2.45, 2.75) is 18.8 Å². The number of anilines is 4. The Morgan fingerprint density at radius 3 is 2.14 bits per heavy atom. The molecule has 1 heterocycles. The summed E-state index contributed by atoms with van der Waals surface area (Å²) in [6.07, 6.45) is 1.89. The molecule has 6 nitrogen and oxygen atoms in total. The van der Waals surface area contributed by atoms with E-state index in [1.165, 1.54) is 12.1 Å². The lowest BCUT2D eigenvalue weighted by molar-refractivity contribution is 0.586. The third-order valence-electron chi connectivity index (χ3n) is 4.23. The number of hydrogen-bond acceptors (Lipinski definition) is 6. The van der Waals surface area contributed by atoms with Crippen LogP contribution in [0.15, 0.2) is 36.4 Å². The monoisotopic (exact) mass is 398 g/mol. The molecule has 2 aromatic carbocycles. The Balaban J connectivity index is 1.58. The number of benzene rings is 2. The molecule has 1 aromatic heterocycles. The molecule has 9 heteroatoms. The summed E-state index contributed by atoms with van der Waals surface area (Å²) in [5.41, 5.74) is 1.41. The summed E-state index contributed by atoms with van der Waals surface area (Å²) in [4.78, 5) is 11.9. The molecule has 4 rings (SSSR count). The largest absolute Gasteiger partial charge is 0.324 e. The van der Waals surface area contributed by atoms with Gasteiger partial charge in [-0.1, -0.05) is 0 Å². The van der Waals surface area contributed by atoms with E-state index in [-0.39, 0.29) is 28.8 Å². The van der Waals surface area contributed by atoms with Gasteiger partial charge in [-0.2, -0.15) is 20.2 Å². The highest BCUT2D eigenvalue weighted by Crippen LogP contribution is 2.41. The average molecular weight is 399 g/mol. The standard InChI is InChI=1S/C19H13ClF2N6/c20-17-26-18(24-13-5-1-10(9-23)2-6-13)28-19(27-17)25-16-14(21)7-12(8-15(16)22)11-3-4-11/h1-2,5-8,11H,3-4H2,(H2,24,25,26,27,28). The predicted molar refractivity (Wildman–Crippen MR) is 101 cm³/mol. The maximum atomic E-state index is 14.4. The molecule has 0 amide bonds. The van der Waals surface area contributed by atoms with Crippen LogP contribution in [0.2, 0.25) is 5.28 Å². The number of hydrogen-bond donors (Lipinski definition) is 2. The van der Waals surface area contributed by atoms with Crippen molar-refractivity contribution in [2.75, 3.05) is 10.6 Å². The molecule has 0 unspecified atom stereocenters. The van der Waals surface area contributed by atoms with Crippen LogP contribution in [0.4, 0.5) is 32.1 Å². The molecule has 28 heavy (non-hydrogen) atoms. The van der Waals surface area contributed by atoms with Crippen LogP contribution in [0.25, 0.3) is 0 Å². The van der Waals surface area contributed by atoms with E-state index in [0.29, 0.717) is 16.8 Å². The quantitative estimate of drug-likeness (QED) is 0.626. The highest BCUT2D eigenvalue weighted by Gasteiger charge is 2.26. The summed E-state index contributed by atoms with van der Waals surface area (Å²) in [6.45, 7) is 0. The van der Waals surface area contributed by atoms with Crippen LogP contribution in [0.5, 0.6) is 0 Å². The Morgan fingerprint density at radius 1 is 0.964 bits per heavy atom. The van der Waals surface area contributed by atoms with Gasteiger partial charge in [0.15, 0.2) is 0 Å². The van der Waals surface area contributed by atoms with E-state index in [1.807, 2.05) is 6.07 Å². The van der Waals surface area contributed by atoms with E-state index in [1.54, 1.807) is 24.3 Å². The van der Waals surface area contributed by atoms with Crippen LogP contribution in [0.1, 0.15) is 29.9 Å². The van der Waals surface area contributed by atoms with E-state index in [0.717, 1.165) is 12.8 Å². The summed E-state index contributed by atoms with van der Waals surface area (Å²) >= 11 is 5.91. The van der Waals surface area contributed by atoms with Crippen LogP contribution in [-0.4, -0.2) is 15.0 Å². The smallest absolute Gasteiger partial charge is 0.233 e. The van der Waals surface area contributed by atoms with Gasteiger partial charge in [-0.3, -0.25) is 0 Å². The second-order valence-electron chi connectivity index (χ2n) is 6.32. The van der Waals surface area contributed by atoms with Crippen molar-refractivity contribution in [3.63, 3.8) is 0 Å². The minimum atomic E-state index is -0.722. The SMILES string of the molecule is N#Cc1ccc(Nc2nc(Cl)nc(Nc3c(F)cc(C4CC4)cc3F)n2)cc1. The van der Waals surface area contributed by atoms with E-state index in [2.05, 4.69) is 25.6 Å². The van der Waals surface area contributed by atoms with Gasteiger partial charge in [0.2, 0.25) is 17.2 Å².